The summed E-state index contributed by atoms with van der Waals surface area (Å²) >= 11 is 0. The molecule has 23 heavy (non-hydrogen) atoms. The smallest absolute Gasteiger partial charge is 0.159 e. The molecule has 2 heterocycles. The average molecular weight is 310 g/mol. The van der Waals surface area contributed by atoms with Crippen LogP contribution in [0.3, 0.4) is 0 Å². The number of anilines is 1. The summed E-state index contributed by atoms with van der Waals surface area (Å²) in [5.74, 6) is 0. The van der Waals surface area contributed by atoms with E-state index in [0.717, 1.165) is 33.2 Å². The Balaban J connectivity index is 1.84. The van der Waals surface area contributed by atoms with Crippen LogP contribution in [0.4, 0.5) is 5.69 Å². The molecule has 0 radical (unpaired) electrons. The number of rotatable bonds is 2. The molecular weight excluding hydrogens is 284 g/mol. The van der Waals surface area contributed by atoms with Gasteiger partial charge >= 0.3 is 0 Å². The van der Waals surface area contributed by atoms with Crippen molar-refractivity contribution < 1.29 is 9.90 Å². The van der Waals surface area contributed by atoms with Crippen molar-refractivity contribution >= 4 is 27.6 Å². The van der Waals surface area contributed by atoms with E-state index in [2.05, 4.69) is 6.07 Å². The maximum atomic E-state index is 8.42. The SMILES string of the molecule is [2H]C([2H])([2H])C([2H])(C)N1C=CN(c2c(C)ccc3c2oc2ccccc23)[C@H]1C. The number of hydrogen-bond donors (Lipinski definition) is 0. The third kappa shape index (κ3) is 2.03. The van der Waals surface area contributed by atoms with Crippen molar-refractivity contribution in [3.8, 4) is 0 Å². The predicted octanol–water partition coefficient (Wildman–Crippen LogP) is 5.24. The quantitative estimate of drug-likeness (QED) is 0.645. The van der Waals surface area contributed by atoms with Gasteiger partial charge in [0.1, 0.15) is 11.7 Å². The minimum Gasteiger partial charge on any atom is -0.454 e. The summed E-state index contributed by atoms with van der Waals surface area (Å²) in [5.41, 5.74) is 3.52. The van der Waals surface area contributed by atoms with E-state index in [0.29, 0.717) is 0 Å². The second-order valence-electron chi connectivity index (χ2n) is 6.04. The van der Waals surface area contributed by atoms with Crippen LogP contribution in [0.1, 0.15) is 31.7 Å². The van der Waals surface area contributed by atoms with Gasteiger partial charge in [-0.15, -0.1) is 0 Å². The fourth-order valence-electron chi connectivity index (χ4n) is 3.37. The van der Waals surface area contributed by atoms with E-state index in [1.54, 1.807) is 11.1 Å². The standard InChI is InChI=1S/C20H22N2O/c1-13(2)21-11-12-22(15(21)4)19-14(3)9-10-17-16-7-5-6-8-18(16)23-20(17)19/h5-13,15H,1-4H3/t15-/m0/s1/i1D3,13D/t13?,15-. The maximum absolute atomic E-state index is 8.42. The van der Waals surface area contributed by atoms with Crippen LogP contribution in [0.5, 0.6) is 0 Å². The lowest BCUT2D eigenvalue weighted by atomic mass is 10.1. The molecule has 0 N–H and O–H groups in total. The number of fused-ring (bicyclic) bond motifs is 3. The summed E-state index contributed by atoms with van der Waals surface area (Å²) in [6.07, 6.45) is 3.19. The Kier molecular flexibility index (Phi) is 2.28. The first kappa shape index (κ1) is 10.4. The summed E-state index contributed by atoms with van der Waals surface area (Å²) in [6, 6.07) is 10.3. The monoisotopic (exact) mass is 310 g/mol. The summed E-state index contributed by atoms with van der Waals surface area (Å²) in [4.78, 5) is 3.56. The fraction of sp³-hybridized carbons (Fsp3) is 0.300. The van der Waals surface area contributed by atoms with Gasteiger partial charge in [-0.25, -0.2) is 0 Å². The number of furan rings is 1. The lowest BCUT2D eigenvalue weighted by Crippen LogP contribution is -2.39. The molecule has 0 saturated heterocycles. The van der Waals surface area contributed by atoms with Crippen LogP contribution in [0.2, 0.25) is 0 Å². The molecule has 0 saturated carbocycles. The normalized spacial score (nSPS) is 23.7. The molecule has 0 aliphatic carbocycles. The van der Waals surface area contributed by atoms with E-state index in [4.69, 9.17) is 9.90 Å². The Morgan fingerprint density at radius 1 is 1.17 bits per heavy atom. The summed E-state index contributed by atoms with van der Waals surface area (Å²) in [5, 5.41) is 2.07. The van der Waals surface area contributed by atoms with Crippen molar-refractivity contribution in [1.29, 1.82) is 0 Å². The van der Waals surface area contributed by atoms with Crippen molar-refractivity contribution in [2.24, 2.45) is 0 Å². The first-order valence-corrected chi connectivity index (χ1v) is 7.79. The topological polar surface area (TPSA) is 19.6 Å². The number of nitrogens with zero attached hydrogens (tertiary/aromatic N) is 2. The summed E-state index contributed by atoms with van der Waals surface area (Å²) in [7, 11) is 0. The van der Waals surface area contributed by atoms with E-state index in [-0.39, 0.29) is 6.17 Å². The molecule has 1 aromatic heterocycles. The molecule has 3 nitrogen and oxygen atoms in total. The molecule has 3 heteroatoms. The average Bonchev–Trinajstić information content (AvgIpc) is 3.15. The van der Waals surface area contributed by atoms with Crippen molar-refractivity contribution in [3.63, 3.8) is 0 Å². The lowest BCUT2D eigenvalue weighted by Gasteiger charge is -2.33. The van der Waals surface area contributed by atoms with Crippen LogP contribution >= 0.6 is 0 Å². The highest BCUT2D eigenvalue weighted by molar-refractivity contribution is 6.09. The van der Waals surface area contributed by atoms with Crippen LogP contribution in [-0.4, -0.2) is 17.1 Å². The van der Waals surface area contributed by atoms with Gasteiger partial charge in [0, 0.05) is 33.3 Å². The highest BCUT2D eigenvalue weighted by Crippen LogP contribution is 2.39. The predicted molar refractivity (Wildman–Crippen MR) is 96.5 cm³/mol. The van der Waals surface area contributed by atoms with Gasteiger partial charge < -0.3 is 14.2 Å². The minimum atomic E-state index is -2.43. The first-order chi connectivity index (χ1) is 12.6. The Morgan fingerprint density at radius 3 is 2.83 bits per heavy atom. The Morgan fingerprint density at radius 2 is 2.00 bits per heavy atom. The second kappa shape index (κ2) is 5.05. The molecule has 4 rings (SSSR count). The van der Waals surface area contributed by atoms with Gasteiger partial charge in [0.25, 0.3) is 0 Å². The molecule has 0 fully saturated rings. The fourth-order valence-corrected chi connectivity index (χ4v) is 3.37. The van der Waals surface area contributed by atoms with Gasteiger partial charge in [-0.3, -0.25) is 0 Å². The van der Waals surface area contributed by atoms with Gasteiger partial charge in [0.15, 0.2) is 5.58 Å². The van der Waals surface area contributed by atoms with E-state index in [9.17, 15) is 0 Å². The van der Waals surface area contributed by atoms with E-state index >= 15 is 0 Å². The highest BCUT2D eigenvalue weighted by Gasteiger charge is 2.28. The van der Waals surface area contributed by atoms with Gasteiger partial charge in [-0.05, 0) is 39.3 Å². The van der Waals surface area contributed by atoms with Crippen LogP contribution in [0, 0.1) is 6.92 Å². The molecule has 0 bridgehead atoms. The van der Waals surface area contributed by atoms with Crippen LogP contribution in [0.15, 0.2) is 53.2 Å². The number of aryl methyl sites for hydroxylation is 1. The van der Waals surface area contributed by atoms with Gasteiger partial charge in [0.05, 0.1) is 7.06 Å². The molecule has 2 aromatic carbocycles. The molecular formula is C20H22N2O. The number of benzene rings is 2. The Hall–Kier alpha value is -2.42. The van der Waals surface area contributed by atoms with E-state index in [1.165, 1.54) is 6.92 Å². The Bertz CT molecular complexity index is 1050. The van der Waals surface area contributed by atoms with Crippen LogP contribution in [0.25, 0.3) is 21.9 Å². The molecule has 1 aliphatic rings. The molecule has 0 amide bonds. The minimum absolute atomic E-state index is 0.328. The van der Waals surface area contributed by atoms with Crippen molar-refractivity contribution in [3.05, 3.63) is 54.4 Å². The molecule has 118 valence electrons. The number of hydrogen-bond acceptors (Lipinski definition) is 3. The summed E-state index contributed by atoms with van der Waals surface area (Å²) < 4.78 is 37.8. The molecule has 0 spiro atoms. The second-order valence-corrected chi connectivity index (χ2v) is 6.04. The maximum Gasteiger partial charge on any atom is 0.159 e. The zero-order valence-corrected chi connectivity index (χ0v) is 13.5. The van der Waals surface area contributed by atoms with Crippen molar-refractivity contribution in [1.82, 2.24) is 4.90 Å². The highest BCUT2D eigenvalue weighted by atomic mass is 16.3. The molecule has 1 unspecified atom stereocenters. The zero-order valence-electron chi connectivity index (χ0n) is 17.5. The van der Waals surface area contributed by atoms with E-state index in [1.807, 2.05) is 55.3 Å². The lowest BCUT2D eigenvalue weighted by molar-refractivity contribution is 0.263. The summed E-state index contributed by atoms with van der Waals surface area (Å²) in [6.45, 7) is 2.91. The third-order valence-corrected chi connectivity index (χ3v) is 4.56. The first-order valence-electron chi connectivity index (χ1n) is 9.79. The Labute approximate surface area is 142 Å². The van der Waals surface area contributed by atoms with Crippen molar-refractivity contribution in [2.75, 3.05) is 4.90 Å². The number of para-hydroxylation sites is 1. The largest absolute Gasteiger partial charge is 0.454 e. The van der Waals surface area contributed by atoms with Gasteiger partial charge in [-0.1, -0.05) is 30.3 Å². The van der Waals surface area contributed by atoms with Crippen molar-refractivity contribution in [2.45, 2.75) is 39.8 Å². The molecule has 2 atom stereocenters. The van der Waals surface area contributed by atoms with Gasteiger partial charge in [0.2, 0.25) is 0 Å². The van der Waals surface area contributed by atoms with E-state index < -0.39 is 12.9 Å². The van der Waals surface area contributed by atoms with Gasteiger partial charge in [-0.2, -0.15) is 0 Å². The van der Waals surface area contributed by atoms with Crippen LogP contribution < -0.4 is 4.90 Å². The third-order valence-electron chi connectivity index (χ3n) is 4.56. The zero-order chi connectivity index (χ0) is 19.6. The molecule has 3 aromatic rings. The van der Waals surface area contributed by atoms with Crippen LogP contribution in [-0.2, 0) is 0 Å². The molecule has 1 aliphatic heterocycles.